The third kappa shape index (κ3) is 4.49. The molecule has 110 valence electrons. The van der Waals surface area contributed by atoms with Crippen molar-refractivity contribution in [1.82, 2.24) is 5.32 Å². The van der Waals surface area contributed by atoms with Crippen LogP contribution in [0.1, 0.15) is 19.3 Å². The fourth-order valence-electron chi connectivity index (χ4n) is 2.14. The average Bonchev–Trinajstić information content (AvgIpc) is 2.47. The minimum absolute atomic E-state index is 0.190. The van der Waals surface area contributed by atoms with E-state index >= 15 is 0 Å². The number of urea groups is 1. The Morgan fingerprint density at radius 2 is 1.86 bits per heavy atom. The second kappa shape index (κ2) is 7.28. The molecule has 2 rings (SSSR count). The fraction of sp³-hybridized carbons (Fsp3) is 0.250. The number of carbonyl (C=O) groups excluding carboxylic acids is 1. The number of anilines is 1. The van der Waals surface area contributed by atoms with E-state index in [-0.39, 0.29) is 11.9 Å². The molecule has 5 heteroatoms. The molecule has 0 atom stereocenters. The molecule has 0 aromatic heterocycles. The summed E-state index contributed by atoms with van der Waals surface area (Å²) in [4.78, 5) is 11.9. The van der Waals surface area contributed by atoms with Crippen molar-refractivity contribution in [2.45, 2.75) is 19.3 Å². The Labute approximate surface area is 124 Å². The monoisotopic (exact) mass is 284 g/mol. The van der Waals surface area contributed by atoms with Gasteiger partial charge >= 0.3 is 6.03 Å². The third-order valence-electron chi connectivity index (χ3n) is 3.20. The standard InChI is InChI=1S/C16H20N4O/c17-15(18)10-3-4-11-19-16(21)20-14-9-5-7-12-6-1-2-8-13(12)14/h1-2,5-9H,3-4,10-11H2,(H3,17,18)(H2,19,20,21). The highest BCUT2D eigenvalue weighted by Crippen LogP contribution is 2.22. The fourth-order valence-corrected chi connectivity index (χ4v) is 2.14. The number of carbonyl (C=O) groups is 1. The molecule has 0 spiro atoms. The molecule has 5 nitrogen and oxygen atoms in total. The Balaban J connectivity index is 1.86. The van der Waals surface area contributed by atoms with Gasteiger partial charge in [-0.25, -0.2) is 4.79 Å². The Kier molecular flexibility index (Phi) is 5.15. The van der Waals surface area contributed by atoms with E-state index in [4.69, 9.17) is 11.1 Å². The van der Waals surface area contributed by atoms with E-state index in [0.717, 1.165) is 29.3 Å². The zero-order chi connectivity index (χ0) is 15.1. The number of nitrogens with one attached hydrogen (secondary N) is 3. The van der Waals surface area contributed by atoms with Crippen LogP contribution in [-0.4, -0.2) is 18.4 Å². The maximum absolute atomic E-state index is 11.9. The summed E-state index contributed by atoms with van der Waals surface area (Å²) in [6.45, 7) is 0.573. The maximum atomic E-state index is 11.9. The highest BCUT2D eigenvalue weighted by atomic mass is 16.2. The molecule has 0 fully saturated rings. The van der Waals surface area contributed by atoms with Crippen molar-refractivity contribution in [2.75, 3.05) is 11.9 Å². The number of nitrogens with two attached hydrogens (primary N) is 1. The Morgan fingerprint density at radius 3 is 2.67 bits per heavy atom. The number of rotatable bonds is 6. The van der Waals surface area contributed by atoms with Crippen LogP contribution in [0.4, 0.5) is 10.5 Å². The summed E-state index contributed by atoms with van der Waals surface area (Å²) in [6.07, 6.45) is 2.19. The van der Waals surface area contributed by atoms with Crippen LogP contribution in [0.15, 0.2) is 42.5 Å². The smallest absolute Gasteiger partial charge is 0.319 e. The van der Waals surface area contributed by atoms with E-state index in [1.165, 1.54) is 0 Å². The van der Waals surface area contributed by atoms with Crippen molar-refractivity contribution < 1.29 is 4.79 Å². The van der Waals surface area contributed by atoms with Crippen molar-refractivity contribution in [3.05, 3.63) is 42.5 Å². The summed E-state index contributed by atoms with van der Waals surface area (Å²) in [5, 5.41) is 14.9. The molecule has 0 saturated heterocycles. The molecule has 2 aromatic rings. The number of benzene rings is 2. The van der Waals surface area contributed by atoms with Gasteiger partial charge in [-0.05, 0) is 24.3 Å². The van der Waals surface area contributed by atoms with Gasteiger partial charge in [0.2, 0.25) is 0 Å². The van der Waals surface area contributed by atoms with E-state index < -0.39 is 0 Å². The van der Waals surface area contributed by atoms with E-state index in [2.05, 4.69) is 10.6 Å². The molecule has 2 amide bonds. The molecule has 0 aliphatic carbocycles. The SMILES string of the molecule is N=C(N)CCCCNC(=O)Nc1cccc2ccccc12. The van der Waals surface area contributed by atoms with Crippen LogP contribution in [0.3, 0.4) is 0 Å². The van der Waals surface area contributed by atoms with Crippen LogP contribution in [0.25, 0.3) is 10.8 Å². The summed E-state index contributed by atoms with van der Waals surface area (Å²) in [5.74, 6) is 0.190. The van der Waals surface area contributed by atoms with Crippen LogP contribution in [0.5, 0.6) is 0 Å². The van der Waals surface area contributed by atoms with Crippen LogP contribution in [-0.2, 0) is 0 Å². The van der Waals surface area contributed by atoms with Crippen molar-refractivity contribution in [3.8, 4) is 0 Å². The predicted molar refractivity (Wildman–Crippen MR) is 86.7 cm³/mol. The quantitative estimate of drug-likeness (QED) is 0.373. The number of hydrogen-bond acceptors (Lipinski definition) is 2. The minimum Gasteiger partial charge on any atom is -0.388 e. The minimum atomic E-state index is -0.214. The van der Waals surface area contributed by atoms with Gasteiger partial charge in [-0.1, -0.05) is 36.4 Å². The molecular weight excluding hydrogens is 264 g/mol. The highest BCUT2D eigenvalue weighted by molar-refractivity contribution is 6.01. The van der Waals surface area contributed by atoms with Crippen LogP contribution >= 0.6 is 0 Å². The number of amides is 2. The largest absolute Gasteiger partial charge is 0.388 e. The van der Waals surface area contributed by atoms with Gasteiger partial charge in [0.25, 0.3) is 0 Å². The van der Waals surface area contributed by atoms with Crippen LogP contribution in [0, 0.1) is 5.41 Å². The van der Waals surface area contributed by atoms with E-state index in [1.54, 1.807) is 0 Å². The third-order valence-corrected chi connectivity index (χ3v) is 3.20. The average molecular weight is 284 g/mol. The maximum Gasteiger partial charge on any atom is 0.319 e. The zero-order valence-electron chi connectivity index (χ0n) is 11.9. The highest BCUT2D eigenvalue weighted by Gasteiger charge is 2.04. The summed E-state index contributed by atoms with van der Waals surface area (Å²) >= 11 is 0. The number of fused-ring (bicyclic) bond motifs is 1. The molecule has 0 aliphatic heterocycles. The summed E-state index contributed by atoms with van der Waals surface area (Å²) in [6, 6.07) is 13.5. The summed E-state index contributed by atoms with van der Waals surface area (Å²) in [7, 11) is 0. The van der Waals surface area contributed by atoms with E-state index in [0.29, 0.717) is 13.0 Å². The Hall–Kier alpha value is -2.56. The first kappa shape index (κ1) is 14.8. The van der Waals surface area contributed by atoms with Gasteiger partial charge in [0.15, 0.2) is 0 Å². The Bertz CT molecular complexity index is 634. The molecule has 0 aliphatic rings. The number of unbranched alkanes of at least 4 members (excludes halogenated alkanes) is 1. The van der Waals surface area contributed by atoms with E-state index in [1.807, 2.05) is 42.5 Å². The molecule has 5 N–H and O–H groups in total. The molecule has 0 radical (unpaired) electrons. The number of amidine groups is 1. The normalized spacial score (nSPS) is 10.3. The predicted octanol–water partition coefficient (Wildman–Crippen LogP) is 3.07. The lowest BCUT2D eigenvalue weighted by Gasteiger charge is -2.10. The number of hydrogen-bond donors (Lipinski definition) is 4. The van der Waals surface area contributed by atoms with Gasteiger partial charge in [0.05, 0.1) is 11.5 Å². The van der Waals surface area contributed by atoms with Crippen LogP contribution < -0.4 is 16.4 Å². The second-order valence-electron chi connectivity index (χ2n) is 4.89. The van der Waals surface area contributed by atoms with Gasteiger partial charge < -0.3 is 16.4 Å². The van der Waals surface area contributed by atoms with Gasteiger partial charge in [0, 0.05) is 18.4 Å². The van der Waals surface area contributed by atoms with Gasteiger partial charge in [-0.2, -0.15) is 0 Å². The second-order valence-corrected chi connectivity index (χ2v) is 4.89. The first-order valence-corrected chi connectivity index (χ1v) is 7.02. The topological polar surface area (TPSA) is 91.0 Å². The first-order valence-electron chi connectivity index (χ1n) is 7.02. The van der Waals surface area contributed by atoms with Crippen molar-refractivity contribution in [2.24, 2.45) is 5.73 Å². The van der Waals surface area contributed by atoms with Crippen molar-refractivity contribution in [1.29, 1.82) is 5.41 Å². The molecule has 0 bridgehead atoms. The molecule has 21 heavy (non-hydrogen) atoms. The van der Waals surface area contributed by atoms with Gasteiger partial charge in [0.1, 0.15) is 0 Å². The lowest BCUT2D eigenvalue weighted by Crippen LogP contribution is -2.29. The summed E-state index contributed by atoms with van der Waals surface area (Å²) in [5.41, 5.74) is 6.07. The van der Waals surface area contributed by atoms with Crippen molar-refractivity contribution >= 4 is 28.3 Å². The van der Waals surface area contributed by atoms with Gasteiger partial charge in [-0.15, -0.1) is 0 Å². The molecular formula is C16H20N4O. The molecule has 0 heterocycles. The summed E-state index contributed by atoms with van der Waals surface area (Å²) < 4.78 is 0. The van der Waals surface area contributed by atoms with Crippen molar-refractivity contribution in [3.63, 3.8) is 0 Å². The lowest BCUT2D eigenvalue weighted by atomic mass is 10.1. The zero-order valence-corrected chi connectivity index (χ0v) is 11.9. The van der Waals surface area contributed by atoms with Crippen LogP contribution in [0.2, 0.25) is 0 Å². The Morgan fingerprint density at radius 1 is 1.10 bits per heavy atom. The van der Waals surface area contributed by atoms with Gasteiger partial charge in [-0.3, -0.25) is 5.41 Å². The van der Waals surface area contributed by atoms with E-state index in [9.17, 15) is 4.79 Å². The molecule has 0 saturated carbocycles. The first-order chi connectivity index (χ1) is 10.2. The molecule has 2 aromatic carbocycles. The lowest BCUT2D eigenvalue weighted by molar-refractivity contribution is 0.252. The molecule has 0 unspecified atom stereocenters.